The summed E-state index contributed by atoms with van der Waals surface area (Å²) in [5.41, 5.74) is 1.91. The molecule has 8 rings (SSSR count). The van der Waals surface area contributed by atoms with Crippen LogP contribution in [-0.4, -0.2) is 23.1 Å². The molecule has 0 aliphatic heterocycles. The van der Waals surface area contributed by atoms with E-state index in [-0.39, 0.29) is 0 Å². The quantitative estimate of drug-likeness (QED) is 0.178. The second kappa shape index (κ2) is 9.80. The Morgan fingerprint density at radius 2 is 0.767 bits per heavy atom. The summed E-state index contributed by atoms with van der Waals surface area (Å²) in [6.07, 6.45) is 0. The minimum absolute atomic E-state index is 0.438. The second-order valence-electron chi connectivity index (χ2n) is 10.2. The molecule has 0 N–H and O–H groups in total. The first-order chi connectivity index (χ1) is 21.0. The van der Waals surface area contributed by atoms with Gasteiger partial charge < -0.3 is 4.74 Å². The first-order valence-electron chi connectivity index (χ1n) is 13.5. The Morgan fingerprint density at radius 3 is 1.16 bits per heavy atom. The Labute approximate surface area is 253 Å². The van der Waals surface area contributed by atoms with Crippen molar-refractivity contribution in [3.63, 3.8) is 0 Å². The smallest absolute Gasteiger partial charge is 0.234 e. The zero-order chi connectivity index (χ0) is 29.2. The maximum absolute atomic E-state index is 12.3. The van der Waals surface area contributed by atoms with Gasteiger partial charge in [-0.25, -0.2) is 0 Å². The number of rotatable bonds is 6. The number of Topliss-reactive ketones (excluding diaryl/α,β-unsaturated/α-hetero) is 4. The number of hydrogen-bond acceptors (Lipinski definition) is 7. The molecular formula is C36H18O5S2. The molecule has 6 aromatic carbocycles. The average molecular weight is 595 g/mol. The molecule has 43 heavy (non-hydrogen) atoms. The number of hydrogen-bond donors (Lipinski definition) is 0. The van der Waals surface area contributed by atoms with Gasteiger partial charge in [-0.15, -0.1) is 0 Å². The molecule has 0 heterocycles. The molecule has 204 valence electrons. The topological polar surface area (TPSA) is 77.5 Å². The summed E-state index contributed by atoms with van der Waals surface area (Å²) in [6, 6.07) is 33.8. The lowest BCUT2D eigenvalue weighted by Gasteiger charge is -2.10. The largest absolute Gasteiger partial charge is 0.457 e. The van der Waals surface area contributed by atoms with E-state index in [1.807, 2.05) is 84.9 Å². The van der Waals surface area contributed by atoms with Crippen molar-refractivity contribution in [3.05, 3.63) is 131 Å². The van der Waals surface area contributed by atoms with Gasteiger partial charge in [-0.2, -0.15) is 0 Å². The van der Waals surface area contributed by atoms with Crippen LogP contribution in [-0.2, 0) is 0 Å². The average Bonchev–Trinajstić information content (AvgIpc) is 3.44. The third-order valence-corrected chi connectivity index (χ3v) is 9.90. The summed E-state index contributed by atoms with van der Waals surface area (Å²) in [6.45, 7) is 0. The molecule has 0 amide bonds. The molecule has 0 fully saturated rings. The minimum Gasteiger partial charge on any atom is -0.457 e. The van der Waals surface area contributed by atoms with Crippen LogP contribution in [0.4, 0.5) is 0 Å². The number of carbonyl (C=O) groups excluding carboxylic acids is 4. The van der Waals surface area contributed by atoms with Crippen LogP contribution < -0.4 is 4.74 Å². The fourth-order valence-corrected chi connectivity index (χ4v) is 7.61. The van der Waals surface area contributed by atoms with E-state index in [0.717, 1.165) is 41.1 Å². The van der Waals surface area contributed by atoms with E-state index in [4.69, 9.17) is 4.74 Å². The van der Waals surface area contributed by atoms with Crippen LogP contribution in [0.15, 0.2) is 129 Å². The van der Waals surface area contributed by atoms with Gasteiger partial charge in [-0.3, -0.25) is 19.2 Å². The Balaban J connectivity index is 0.981. The summed E-state index contributed by atoms with van der Waals surface area (Å²) >= 11 is 3.14. The van der Waals surface area contributed by atoms with Crippen molar-refractivity contribution in [1.82, 2.24) is 0 Å². The van der Waals surface area contributed by atoms with Gasteiger partial charge in [-0.05, 0) is 83.6 Å². The molecule has 0 aromatic heterocycles. The number of ether oxygens (including phenoxy) is 1. The minimum atomic E-state index is -0.438. The van der Waals surface area contributed by atoms with E-state index < -0.39 is 23.1 Å². The summed E-state index contributed by atoms with van der Waals surface area (Å²) < 4.78 is 6.09. The highest BCUT2D eigenvalue weighted by molar-refractivity contribution is 7.99. The van der Waals surface area contributed by atoms with Crippen molar-refractivity contribution in [1.29, 1.82) is 0 Å². The van der Waals surface area contributed by atoms with E-state index in [2.05, 4.69) is 0 Å². The molecule has 0 unspecified atom stereocenters. The van der Waals surface area contributed by atoms with Gasteiger partial charge in [0.2, 0.25) is 23.1 Å². The molecule has 0 saturated heterocycles. The molecule has 0 saturated carbocycles. The highest BCUT2D eigenvalue weighted by Gasteiger charge is 2.32. The first kappa shape index (κ1) is 25.7. The van der Waals surface area contributed by atoms with Gasteiger partial charge in [0.15, 0.2) is 0 Å². The Morgan fingerprint density at radius 1 is 0.395 bits per heavy atom. The Hall–Kier alpha value is -4.98. The van der Waals surface area contributed by atoms with E-state index in [9.17, 15) is 19.2 Å². The van der Waals surface area contributed by atoms with Gasteiger partial charge in [0.05, 0.1) is 0 Å². The molecule has 5 nitrogen and oxygen atoms in total. The van der Waals surface area contributed by atoms with Crippen molar-refractivity contribution in [2.45, 2.75) is 19.6 Å². The summed E-state index contributed by atoms with van der Waals surface area (Å²) in [7, 11) is 0. The molecular weight excluding hydrogens is 577 g/mol. The number of benzene rings is 6. The Kier molecular flexibility index (Phi) is 5.86. The van der Waals surface area contributed by atoms with Crippen LogP contribution in [0.3, 0.4) is 0 Å². The van der Waals surface area contributed by atoms with E-state index in [0.29, 0.717) is 33.8 Å². The third-order valence-electron chi connectivity index (χ3n) is 7.73. The lowest BCUT2D eigenvalue weighted by Crippen LogP contribution is -2.05. The van der Waals surface area contributed by atoms with Crippen LogP contribution in [0.2, 0.25) is 0 Å². The normalized spacial score (nSPS) is 13.5. The van der Waals surface area contributed by atoms with Crippen molar-refractivity contribution in [2.75, 3.05) is 0 Å². The van der Waals surface area contributed by atoms with Gasteiger partial charge >= 0.3 is 0 Å². The van der Waals surface area contributed by atoms with Crippen LogP contribution in [0.25, 0.3) is 21.5 Å². The van der Waals surface area contributed by atoms with E-state index >= 15 is 0 Å². The van der Waals surface area contributed by atoms with Crippen LogP contribution in [0.5, 0.6) is 11.5 Å². The molecule has 2 aliphatic carbocycles. The summed E-state index contributed by atoms with van der Waals surface area (Å²) in [5.74, 6) is -0.355. The lowest BCUT2D eigenvalue weighted by atomic mass is 10.1. The molecule has 7 heteroatoms. The maximum Gasteiger partial charge on any atom is 0.234 e. The maximum atomic E-state index is 12.3. The molecule has 0 radical (unpaired) electrons. The highest BCUT2D eigenvalue weighted by atomic mass is 32.2. The SMILES string of the molecule is O=C1C(=O)c2ccc(Sc3ccc(Oc4ccc(Sc5ccc6c7c(cccc57)C(=O)C6=O)cc4)cc3)c3cccc1c23. The van der Waals surface area contributed by atoms with Crippen molar-refractivity contribution < 1.29 is 23.9 Å². The zero-order valence-electron chi connectivity index (χ0n) is 22.3. The predicted molar refractivity (Wildman–Crippen MR) is 166 cm³/mol. The molecule has 2 aliphatic rings. The van der Waals surface area contributed by atoms with Gasteiger partial charge in [-0.1, -0.05) is 59.9 Å². The lowest BCUT2D eigenvalue weighted by molar-refractivity contribution is 0.0825. The Bertz CT molecular complexity index is 2020. The van der Waals surface area contributed by atoms with Crippen molar-refractivity contribution in [2.24, 2.45) is 0 Å². The van der Waals surface area contributed by atoms with Gasteiger partial charge in [0, 0.05) is 52.6 Å². The summed E-state index contributed by atoms with van der Waals surface area (Å²) in [5, 5.41) is 3.28. The molecule has 0 bridgehead atoms. The van der Waals surface area contributed by atoms with Crippen LogP contribution in [0, 0.1) is 0 Å². The predicted octanol–water partition coefficient (Wildman–Crippen LogP) is 8.85. The fraction of sp³-hybridized carbons (Fsp3) is 0. The van der Waals surface area contributed by atoms with Gasteiger partial charge in [0.1, 0.15) is 11.5 Å². The first-order valence-corrected chi connectivity index (χ1v) is 15.1. The molecule has 6 aromatic rings. The van der Waals surface area contributed by atoms with Crippen molar-refractivity contribution in [3.8, 4) is 11.5 Å². The highest BCUT2D eigenvalue weighted by Crippen LogP contribution is 2.41. The van der Waals surface area contributed by atoms with Crippen LogP contribution >= 0.6 is 23.5 Å². The fourth-order valence-electron chi connectivity index (χ4n) is 5.73. The monoisotopic (exact) mass is 594 g/mol. The number of ketones is 4. The molecule has 0 spiro atoms. The third kappa shape index (κ3) is 4.12. The number of carbonyl (C=O) groups is 4. The van der Waals surface area contributed by atoms with Gasteiger partial charge in [0.25, 0.3) is 0 Å². The molecule has 0 atom stereocenters. The second-order valence-corrected chi connectivity index (χ2v) is 12.5. The van der Waals surface area contributed by atoms with Crippen LogP contribution in [0.1, 0.15) is 41.4 Å². The van der Waals surface area contributed by atoms with Crippen molar-refractivity contribution >= 4 is 68.2 Å². The standard InChI is InChI=1S/C36H18O5S2/c37-33-25-5-1-3-23-29(17-15-27(31(23)25)35(33)39)42-21-11-7-19(8-12-21)41-20-9-13-22(14-10-20)43-30-18-16-28-32-24(30)4-2-6-26(32)34(38)36(28)40/h1-18H. The van der Waals surface area contributed by atoms with E-state index in [1.165, 1.54) is 0 Å². The van der Waals surface area contributed by atoms with E-state index in [1.54, 1.807) is 47.8 Å². The summed E-state index contributed by atoms with van der Waals surface area (Å²) in [4.78, 5) is 53.3. The zero-order valence-corrected chi connectivity index (χ0v) is 23.9.